The molecule has 0 heterocycles. The quantitative estimate of drug-likeness (QED) is 0.746. The third-order valence-electron chi connectivity index (χ3n) is 2.67. The zero-order chi connectivity index (χ0) is 14.2. The summed E-state index contributed by atoms with van der Waals surface area (Å²) >= 11 is 3.20. The lowest BCUT2D eigenvalue weighted by molar-refractivity contribution is 0.103. The highest BCUT2D eigenvalue weighted by Crippen LogP contribution is 2.26. The number of ketones is 1. The number of benzene rings is 2. The van der Waals surface area contributed by atoms with Crippen LogP contribution in [0.5, 0.6) is 0 Å². The molecule has 98 valence electrons. The lowest BCUT2D eigenvalue weighted by Gasteiger charge is -2.08. The molecule has 1 nitrogen and oxygen atoms in total. The summed E-state index contributed by atoms with van der Waals surface area (Å²) in [5.41, 5.74) is 0.130. The van der Waals surface area contributed by atoms with Crippen LogP contribution in [0.15, 0.2) is 34.8 Å². The Bertz CT molecular complexity index is 645. The average molecular weight is 329 g/mol. The Kier molecular flexibility index (Phi) is 3.75. The minimum absolute atomic E-state index is 0.129. The predicted molar refractivity (Wildman–Crippen MR) is 68.6 cm³/mol. The number of halogens is 4. The molecule has 0 N–H and O–H groups in total. The van der Waals surface area contributed by atoms with Crippen molar-refractivity contribution in [3.63, 3.8) is 0 Å². The van der Waals surface area contributed by atoms with Crippen molar-refractivity contribution in [3.05, 3.63) is 68.9 Å². The second kappa shape index (κ2) is 5.17. The first-order valence-corrected chi connectivity index (χ1v) is 6.15. The maximum atomic E-state index is 13.6. The number of aryl methyl sites for hydroxylation is 1. The fourth-order valence-corrected chi connectivity index (χ4v) is 2.16. The molecule has 0 amide bonds. The Hall–Kier alpha value is -1.62. The van der Waals surface area contributed by atoms with Crippen molar-refractivity contribution < 1.29 is 18.0 Å². The molecule has 2 aromatic carbocycles. The van der Waals surface area contributed by atoms with E-state index in [4.69, 9.17) is 0 Å². The van der Waals surface area contributed by atoms with Crippen LogP contribution in [0.2, 0.25) is 0 Å². The molecule has 2 rings (SSSR count). The van der Waals surface area contributed by atoms with Crippen molar-refractivity contribution in [2.45, 2.75) is 6.92 Å². The molecule has 0 atom stereocenters. The highest BCUT2D eigenvalue weighted by atomic mass is 79.9. The lowest BCUT2D eigenvalue weighted by atomic mass is 10.0. The Morgan fingerprint density at radius 1 is 1.11 bits per heavy atom. The van der Waals surface area contributed by atoms with E-state index in [0.717, 1.165) is 5.56 Å². The van der Waals surface area contributed by atoms with E-state index in [1.54, 1.807) is 19.1 Å². The largest absolute Gasteiger partial charge is 0.288 e. The smallest absolute Gasteiger partial charge is 0.200 e. The van der Waals surface area contributed by atoms with Gasteiger partial charge in [0, 0.05) is 22.2 Å². The molecule has 0 aromatic heterocycles. The van der Waals surface area contributed by atoms with Crippen molar-refractivity contribution in [1.82, 2.24) is 0 Å². The van der Waals surface area contributed by atoms with Crippen LogP contribution in [-0.4, -0.2) is 5.78 Å². The van der Waals surface area contributed by atoms with Crippen molar-refractivity contribution >= 4 is 21.7 Å². The van der Waals surface area contributed by atoms with Gasteiger partial charge < -0.3 is 0 Å². The molecule has 0 fully saturated rings. The normalized spacial score (nSPS) is 10.6. The Morgan fingerprint density at radius 2 is 1.68 bits per heavy atom. The number of hydrogen-bond donors (Lipinski definition) is 0. The summed E-state index contributed by atoms with van der Waals surface area (Å²) in [5, 5.41) is 0. The topological polar surface area (TPSA) is 17.1 Å². The van der Waals surface area contributed by atoms with Crippen molar-refractivity contribution in [2.75, 3.05) is 0 Å². The van der Waals surface area contributed by atoms with E-state index >= 15 is 0 Å². The van der Waals surface area contributed by atoms with Gasteiger partial charge >= 0.3 is 0 Å². The van der Waals surface area contributed by atoms with Crippen molar-refractivity contribution in [2.24, 2.45) is 0 Å². The van der Waals surface area contributed by atoms with Gasteiger partial charge in [0.25, 0.3) is 0 Å². The molecule has 0 aliphatic carbocycles. The minimum Gasteiger partial charge on any atom is -0.288 e. The van der Waals surface area contributed by atoms with Crippen LogP contribution in [-0.2, 0) is 0 Å². The summed E-state index contributed by atoms with van der Waals surface area (Å²) in [4.78, 5) is 12.1. The summed E-state index contributed by atoms with van der Waals surface area (Å²) in [6.07, 6.45) is 0. The van der Waals surface area contributed by atoms with E-state index in [-0.39, 0.29) is 5.56 Å². The standard InChI is InChI=1S/C14H8BrF3O/c1-7-3-2-4-9(13(7)15)14(19)12-10(17)5-8(16)6-11(12)18/h2-6H,1H3. The van der Waals surface area contributed by atoms with Crippen LogP contribution in [0.4, 0.5) is 13.2 Å². The molecule has 0 unspecified atom stereocenters. The average Bonchev–Trinajstić information content (AvgIpc) is 2.31. The molecule has 0 radical (unpaired) electrons. The molecular weight excluding hydrogens is 321 g/mol. The first kappa shape index (κ1) is 13.8. The zero-order valence-corrected chi connectivity index (χ0v) is 11.4. The number of carbonyl (C=O) groups is 1. The summed E-state index contributed by atoms with van der Waals surface area (Å²) in [6, 6.07) is 5.77. The molecule has 0 aliphatic rings. The molecule has 2 aromatic rings. The Morgan fingerprint density at radius 3 is 2.26 bits per heavy atom. The molecule has 0 bridgehead atoms. The van der Waals surface area contributed by atoms with Crippen molar-refractivity contribution in [1.29, 1.82) is 0 Å². The monoisotopic (exact) mass is 328 g/mol. The zero-order valence-electron chi connectivity index (χ0n) is 9.81. The van der Waals surface area contributed by atoms with Crippen molar-refractivity contribution in [3.8, 4) is 0 Å². The minimum atomic E-state index is -1.21. The molecule has 0 saturated carbocycles. The first-order chi connectivity index (χ1) is 8.91. The Labute approximate surface area is 116 Å². The van der Waals surface area contributed by atoms with Crippen LogP contribution < -0.4 is 0 Å². The molecule has 0 saturated heterocycles. The van der Waals surface area contributed by atoms with Gasteiger partial charge in [-0.05, 0) is 34.5 Å². The summed E-state index contributed by atoms with van der Waals surface area (Å²) in [7, 11) is 0. The third-order valence-corrected chi connectivity index (χ3v) is 3.72. The maximum absolute atomic E-state index is 13.6. The van der Waals surface area contributed by atoms with E-state index in [1.807, 2.05) is 0 Å². The van der Waals surface area contributed by atoms with Crippen LogP contribution in [0.3, 0.4) is 0 Å². The fraction of sp³-hybridized carbons (Fsp3) is 0.0714. The van der Waals surface area contributed by atoms with Gasteiger partial charge in [-0.1, -0.05) is 12.1 Å². The number of carbonyl (C=O) groups excluding carboxylic acids is 1. The number of hydrogen-bond acceptors (Lipinski definition) is 1. The molecule has 19 heavy (non-hydrogen) atoms. The molecule has 0 aliphatic heterocycles. The van der Waals surface area contributed by atoms with Crippen LogP contribution in [0.1, 0.15) is 21.5 Å². The van der Waals surface area contributed by atoms with Crippen LogP contribution in [0, 0.1) is 24.4 Å². The van der Waals surface area contributed by atoms with Gasteiger partial charge in [-0.3, -0.25) is 4.79 Å². The summed E-state index contributed by atoms with van der Waals surface area (Å²) < 4.78 is 40.4. The van der Waals surface area contributed by atoms with Gasteiger partial charge in [0.1, 0.15) is 17.5 Å². The second-order valence-electron chi connectivity index (χ2n) is 4.01. The second-order valence-corrected chi connectivity index (χ2v) is 4.80. The summed E-state index contributed by atoms with van der Waals surface area (Å²) in [6.45, 7) is 1.75. The highest BCUT2D eigenvalue weighted by Gasteiger charge is 2.22. The Balaban J connectivity index is 2.60. The highest BCUT2D eigenvalue weighted by molar-refractivity contribution is 9.10. The third kappa shape index (κ3) is 2.56. The van der Waals surface area contributed by atoms with Crippen LogP contribution in [0.25, 0.3) is 0 Å². The van der Waals surface area contributed by atoms with E-state index in [1.165, 1.54) is 6.07 Å². The van der Waals surface area contributed by atoms with E-state index < -0.39 is 28.8 Å². The van der Waals surface area contributed by atoms with E-state index in [0.29, 0.717) is 16.6 Å². The van der Waals surface area contributed by atoms with Crippen LogP contribution >= 0.6 is 15.9 Å². The maximum Gasteiger partial charge on any atom is 0.200 e. The van der Waals surface area contributed by atoms with Gasteiger partial charge in [-0.15, -0.1) is 0 Å². The molecular formula is C14H8BrF3O. The summed E-state index contributed by atoms with van der Waals surface area (Å²) in [5.74, 6) is -4.31. The van der Waals surface area contributed by atoms with Gasteiger partial charge in [-0.25, -0.2) is 13.2 Å². The van der Waals surface area contributed by atoms with E-state index in [2.05, 4.69) is 15.9 Å². The lowest BCUT2D eigenvalue weighted by Crippen LogP contribution is -2.09. The predicted octanol–water partition coefficient (Wildman–Crippen LogP) is 4.41. The van der Waals surface area contributed by atoms with Gasteiger partial charge in [0.15, 0.2) is 5.78 Å². The first-order valence-electron chi connectivity index (χ1n) is 5.36. The number of rotatable bonds is 2. The van der Waals surface area contributed by atoms with E-state index in [9.17, 15) is 18.0 Å². The van der Waals surface area contributed by atoms with Gasteiger partial charge in [-0.2, -0.15) is 0 Å². The van der Waals surface area contributed by atoms with Gasteiger partial charge in [0.05, 0.1) is 5.56 Å². The molecule has 0 spiro atoms. The van der Waals surface area contributed by atoms with Gasteiger partial charge in [0.2, 0.25) is 0 Å². The SMILES string of the molecule is Cc1cccc(C(=O)c2c(F)cc(F)cc2F)c1Br. The molecule has 5 heteroatoms. The fourth-order valence-electron chi connectivity index (χ4n) is 1.72.